The molecular formula is C41H73N3O3. The van der Waals surface area contributed by atoms with Gasteiger partial charge in [0.15, 0.2) is 0 Å². The Bertz CT molecular complexity index is 1050. The van der Waals surface area contributed by atoms with Crippen molar-refractivity contribution in [2.24, 2.45) is 51.6 Å². The fourth-order valence-electron chi connectivity index (χ4n) is 10.1. The van der Waals surface area contributed by atoms with Gasteiger partial charge < -0.3 is 21.5 Å². The van der Waals surface area contributed by atoms with E-state index in [2.05, 4.69) is 44.2 Å². The molecule has 4 aliphatic carbocycles. The van der Waals surface area contributed by atoms with E-state index in [0.29, 0.717) is 34.5 Å². The normalized spacial score (nSPS) is 33.5. The van der Waals surface area contributed by atoms with Crippen molar-refractivity contribution in [3.63, 3.8) is 0 Å². The number of aliphatic hydroxyl groups excluding tert-OH is 1. The maximum atomic E-state index is 12.8. The highest BCUT2D eigenvalue weighted by Gasteiger charge is 2.61. The van der Waals surface area contributed by atoms with Crippen LogP contribution in [0, 0.1) is 58.2 Å². The van der Waals surface area contributed by atoms with Crippen molar-refractivity contribution in [3.8, 4) is 12.3 Å². The molecule has 4 aliphatic rings. The molecule has 0 aromatic heterocycles. The predicted octanol–water partition coefficient (Wildman–Crippen LogP) is 8.52. The molecule has 0 aromatic rings. The van der Waals surface area contributed by atoms with Crippen molar-refractivity contribution in [2.75, 3.05) is 6.54 Å². The Morgan fingerprint density at radius 2 is 1.72 bits per heavy atom. The first kappa shape index (κ1) is 41.3. The van der Waals surface area contributed by atoms with Crippen LogP contribution in [-0.2, 0) is 9.59 Å². The quantitative estimate of drug-likeness (QED) is 0.0691. The van der Waals surface area contributed by atoms with Crippen LogP contribution in [0.25, 0.3) is 0 Å². The number of aliphatic hydroxyl groups is 1. The highest BCUT2D eigenvalue weighted by molar-refractivity contribution is 5.88. The topological polar surface area (TPSA) is 104 Å². The fraction of sp³-hybridized carbons (Fsp3) is 0.854. The summed E-state index contributed by atoms with van der Waals surface area (Å²) < 4.78 is 0. The Hall–Kier alpha value is -1.84. The largest absolute Gasteiger partial charge is 0.393 e. The molecule has 0 saturated heterocycles. The summed E-state index contributed by atoms with van der Waals surface area (Å²) >= 11 is 0. The molecule has 0 bridgehead atoms. The van der Waals surface area contributed by atoms with Crippen LogP contribution in [0.3, 0.4) is 0 Å². The standard InChI is InChI=1S/C37H60N2O3.C3H9N.CH4/c1-7-9-22-35(3,4)34(42)39-31(15-8-2)38-32(41)18-12-10-11-16-26-19-20-28-33-29(21-24-37(26,28)6)36(5)23-14-13-17-27(36)25-30(33)40;1-2-3-4;/h2,12,18,26-31,33,40H,7,9-11,13-17,19-25H2,1,3-6H3,(H,38,41)(H,39,42);2-4H2,1H3;1H4/b18-12+;;. The van der Waals surface area contributed by atoms with E-state index < -0.39 is 11.6 Å². The molecule has 6 heteroatoms. The van der Waals surface area contributed by atoms with Crippen molar-refractivity contribution in [1.82, 2.24) is 10.6 Å². The van der Waals surface area contributed by atoms with Gasteiger partial charge in [0.05, 0.1) is 6.10 Å². The Balaban J connectivity index is 0.00000145. The second kappa shape index (κ2) is 18.8. The average molecular weight is 656 g/mol. The number of terminal acetylenes is 1. The third kappa shape index (κ3) is 10.1. The summed E-state index contributed by atoms with van der Waals surface area (Å²) in [6, 6.07) is 0. The lowest BCUT2D eigenvalue weighted by atomic mass is 9.44. The molecule has 9 atom stereocenters. The van der Waals surface area contributed by atoms with Crippen molar-refractivity contribution >= 4 is 11.8 Å². The third-order valence-corrected chi connectivity index (χ3v) is 13.0. The zero-order chi connectivity index (χ0) is 34.0. The number of hydrogen-bond acceptors (Lipinski definition) is 4. The number of rotatable bonds is 13. The molecule has 9 unspecified atom stereocenters. The molecule has 4 fully saturated rings. The van der Waals surface area contributed by atoms with Gasteiger partial charge in [-0.15, -0.1) is 12.3 Å². The molecule has 270 valence electrons. The van der Waals surface area contributed by atoms with E-state index in [9.17, 15) is 14.7 Å². The van der Waals surface area contributed by atoms with Gasteiger partial charge in [0, 0.05) is 11.8 Å². The van der Waals surface area contributed by atoms with Gasteiger partial charge in [-0.2, -0.15) is 0 Å². The van der Waals surface area contributed by atoms with E-state index in [1.807, 2.05) is 19.9 Å². The molecule has 4 rings (SSSR count). The highest BCUT2D eigenvalue weighted by Crippen LogP contribution is 2.67. The van der Waals surface area contributed by atoms with E-state index in [1.54, 1.807) is 6.08 Å². The minimum atomic E-state index is -0.563. The summed E-state index contributed by atoms with van der Waals surface area (Å²) in [4.78, 5) is 25.4. The van der Waals surface area contributed by atoms with Gasteiger partial charge in [-0.25, -0.2) is 0 Å². The monoisotopic (exact) mass is 656 g/mol. The summed E-state index contributed by atoms with van der Waals surface area (Å²) in [5.74, 6) is 5.57. The number of fused-ring (bicyclic) bond motifs is 5. The van der Waals surface area contributed by atoms with Gasteiger partial charge in [-0.3, -0.25) is 9.59 Å². The van der Waals surface area contributed by atoms with Crippen LogP contribution in [-0.4, -0.2) is 35.7 Å². The van der Waals surface area contributed by atoms with Gasteiger partial charge in [0.2, 0.25) is 11.8 Å². The first-order chi connectivity index (χ1) is 21.9. The van der Waals surface area contributed by atoms with Crippen LogP contribution in [0.4, 0.5) is 0 Å². The van der Waals surface area contributed by atoms with Crippen molar-refractivity contribution in [1.29, 1.82) is 0 Å². The van der Waals surface area contributed by atoms with Gasteiger partial charge in [0.1, 0.15) is 6.17 Å². The number of carbonyl (C=O) groups is 2. The smallest absolute Gasteiger partial charge is 0.245 e. The van der Waals surface area contributed by atoms with E-state index in [0.717, 1.165) is 57.4 Å². The number of allylic oxidation sites excluding steroid dienone is 1. The van der Waals surface area contributed by atoms with Crippen LogP contribution in [0.5, 0.6) is 0 Å². The molecule has 5 N–H and O–H groups in total. The van der Waals surface area contributed by atoms with Gasteiger partial charge >= 0.3 is 0 Å². The zero-order valence-corrected chi connectivity index (χ0v) is 30.3. The minimum absolute atomic E-state index is 0. The predicted molar refractivity (Wildman–Crippen MR) is 197 cm³/mol. The van der Waals surface area contributed by atoms with E-state index >= 15 is 0 Å². The summed E-state index contributed by atoms with van der Waals surface area (Å²) in [5.41, 5.74) is 5.32. The lowest BCUT2D eigenvalue weighted by molar-refractivity contribution is -0.162. The fourth-order valence-corrected chi connectivity index (χ4v) is 10.1. The van der Waals surface area contributed by atoms with E-state index in [4.69, 9.17) is 12.2 Å². The van der Waals surface area contributed by atoms with Gasteiger partial charge in [-0.1, -0.05) is 80.7 Å². The maximum Gasteiger partial charge on any atom is 0.245 e. The Labute approximate surface area is 289 Å². The molecular weight excluding hydrogens is 582 g/mol. The Morgan fingerprint density at radius 1 is 1.02 bits per heavy atom. The number of nitrogens with two attached hydrogens (primary N) is 1. The minimum Gasteiger partial charge on any atom is -0.393 e. The number of hydrogen-bond donors (Lipinski definition) is 4. The number of nitrogens with one attached hydrogen (secondary N) is 2. The van der Waals surface area contributed by atoms with E-state index in [-0.39, 0.29) is 31.8 Å². The maximum absolute atomic E-state index is 12.8. The highest BCUT2D eigenvalue weighted by atomic mass is 16.3. The molecule has 47 heavy (non-hydrogen) atoms. The first-order valence-corrected chi connectivity index (χ1v) is 19.0. The second-order valence-electron chi connectivity index (χ2n) is 16.4. The molecule has 0 aromatic carbocycles. The lowest BCUT2D eigenvalue weighted by Gasteiger charge is -2.62. The SMILES string of the molecule is C.C#CCC(NC(=O)/C=C/CCCC1CCC2C3C(O)CC4CCCCC4(C)C3CCC12C)NC(=O)C(C)(C)CCCC.CCCN. The summed E-state index contributed by atoms with van der Waals surface area (Å²) in [6.07, 6.45) is 27.3. The zero-order valence-electron chi connectivity index (χ0n) is 30.3. The van der Waals surface area contributed by atoms with E-state index in [1.165, 1.54) is 57.8 Å². The van der Waals surface area contributed by atoms with Crippen molar-refractivity contribution in [2.45, 2.75) is 170 Å². The Kier molecular flexibility index (Phi) is 16.5. The van der Waals surface area contributed by atoms with Crippen molar-refractivity contribution in [3.05, 3.63) is 12.2 Å². The van der Waals surface area contributed by atoms with Crippen LogP contribution < -0.4 is 16.4 Å². The second-order valence-corrected chi connectivity index (χ2v) is 16.4. The summed E-state index contributed by atoms with van der Waals surface area (Å²) in [6.45, 7) is 14.0. The lowest BCUT2D eigenvalue weighted by Crippen LogP contribution is -2.57. The summed E-state index contributed by atoms with van der Waals surface area (Å²) in [5, 5.41) is 17.3. The van der Waals surface area contributed by atoms with Gasteiger partial charge in [0.25, 0.3) is 0 Å². The van der Waals surface area contributed by atoms with Gasteiger partial charge in [-0.05, 0) is 130 Å². The molecule has 0 aliphatic heterocycles. The number of unbranched alkanes of at least 4 members (excludes halogenated alkanes) is 2. The number of carbonyl (C=O) groups excluding carboxylic acids is 2. The van der Waals surface area contributed by atoms with Crippen LogP contribution in [0.2, 0.25) is 0 Å². The molecule has 2 amide bonds. The number of amides is 2. The Morgan fingerprint density at radius 3 is 2.38 bits per heavy atom. The first-order valence-electron chi connectivity index (χ1n) is 19.0. The molecule has 0 heterocycles. The molecule has 4 saturated carbocycles. The van der Waals surface area contributed by atoms with Crippen LogP contribution in [0.1, 0.15) is 158 Å². The average Bonchev–Trinajstić information content (AvgIpc) is 3.36. The summed E-state index contributed by atoms with van der Waals surface area (Å²) in [7, 11) is 0. The van der Waals surface area contributed by atoms with Crippen molar-refractivity contribution < 1.29 is 14.7 Å². The molecule has 0 radical (unpaired) electrons. The molecule has 6 nitrogen and oxygen atoms in total. The van der Waals surface area contributed by atoms with Crippen LogP contribution in [0.15, 0.2) is 12.2 Å². The third-order valence-electron chi connectivity index (χ3n) is 13.0. The molecule has 0 spiro atoms. The van der Waals surface area contributed by atoms with Crippen LogP contribution >= 0.6 is 0 Å².